The molecule has 0 radical (unpaired) electrons. The quantitative estimate of drug-likeness (QED) is 0.478. The molecule has 0 amide bonds. The van der Waals surface area contributed by atoms with Gasteiger partial charge in [-0.1, -0.05) is 0 Å². The third kappa shape index (κ3) is 4.10. The minimum atomic E-state index is -4.00. The molecule has 3 N–H and O–H groups in total. The van der Waals surface area contributed by atoms with E-state index in [0.717, 1.165) is 22.8 Å². The lowest BCUT2D eigenvalue weighted by Crippen LogP contribution is -2.19. The summed E-state index contributed by atoms with van der Waals surface area (Å²) >= 11 is 0. The maximum absolute atomic E-state index is 13.2. The average Bonchev–Trinajstić information content (AvgIpc) is 2.63. The van der Waals surface area contributed by atoms with E-state index in [0.29, 0.717) is 16.8 Å². The monoisotopic (exact) mass is 407 g/mol. The zero-order chi connectivity index (χ0) is 21.2. The summed E-state index contributed by atoms with van der Waals surface area (Å²) in [6.07, 6.45) is 0. The Kier molecular flexibility index (Phi) is 6.30. The number of sulfonamides is 1. The standard InChI is InChI=1S/C19H25N3O5S/c1-11-12(2)14(4)19(15(5)13(11)3)28(26,27)21-18-10-16(22(24)25)6-7-17(18)20-8-9-23/h6-7,10,20-21,23H,8-9H2,1-5H3. The van der Waals surface area contributed by atoms with Crippen molar-refractivity contribution in [3.8, 4) is 0 Å². The van der Waals surface area contributed by atoms with Crippen molar-refractivity contribution in [2.75, 3.05) is 23.2 Å². The molecule has 9 heteroatoms. The molecule has 0 aliphatic rings. The number of non-ortho nitro benzene ring substituents is 1. The lowest BCUT2D eigenvalue weighted by molar-refractivity contribution is -0.384. The Labute approximate surface area is 164 Å². The molecule has 28 heavy (non-hydrogen) atoms. The number of aliphatic hydroxyl groups is 1. The van der Waals surface area contributed by atoms with Crippen molar-refractivity contribution < 1.29 is 18.4 Å². The molecule has 152 valence electrons. The molecule has 2 rings (SSSR count). The lowest BCUT2D eigenvalue weighted by atomic mass is 9.95. The van der Waals surface area contributed by atoms with E-state index >= 15 is 0 Å². The fourth-order valence-corrected chi connectivity index (χ4v) is 4.81. The summed E-state index contributed by atoms with van der Waals surface area (Å²) in [4.78, 5) is 10.7. The maximum atomic E-state index is 13.2. The number of nitro groups is 1. The molecule has 0 saturated heterocycles. The van der Waals surface area contributed by atoms with E-state index in [1.807, 2.05) is 20.8 Å². The molecule has 2 aromatic rings. The van der Waals surface area contributed by atoms with Gasteiger partial charge in [-0.2, -0.15) is 0 Å². The summed E-state index contributed by atoms with van der Waals surface area (Å²) < 4.78 is 28.9. The minimum absolute atomic E-state index is 0.0531. The molecule has 0 bridgehead atoms. The number of benzene rings is 2. The molecule has 8 nitrogen and oxygen atoms in total. The molecular weight excluding hydrogens is 382 g/mol. The summed E-state index contributed by atoms with van der Waals surface area (Å²) in [5, 5.41) is 23.0. The van der Waals surface area contributed by atoms with Crippen LogP contribution in [-0.2, 0) is 10.0 Å². The van der Waals surface area contributed by atoms with Gasteiger partial charge in [-0.05, 0) is 68.5 Å². The fourth-order valence-electron chi connectivity index (χ4n) is 3.14. The summed E-state index contributed by atoms with van der Waals surface area (Å²) in [6.45, 7) is 9.20. The Morgan fingerprint density at radius 1 is 0.964 bits per heavy atom. The van der Waals surface area contributed by atoms with E-state index in [1.54, 1.807) is 13.8 Å². The normalized spacial score (nSPS) is 11.4. The minimum Gasteiger partial charge on any atom is -0.395 e. The van der Waals surface area contributed by atoms with E-state index in [1.165, 1.54) is 12.1 Å². The van der Waals surface area contributed by atoms with E-state index < -0.39 is 14.9 Å². The van der Waals surface area contributed by atoms with Crippen molar-refractivity contribution in [3.63, 3.8) is 0 Å². The summed E-state index contributed by atoms with van der Waals surface area (Å²) in [7, 11) is -4.00. The van der Waals surface area contributed by atoms with E-state index in [4.69, 9.17) is 5.11 Å². The van der Waals surface area contributed by atoms with Crippen LogP contribution in [0.1, 0.15) is 27.8 Å². The number of aliphatic hydroxyl groups excluding tert-OH is 1. The number of rotatable bonds is 7. The van der Waals surface area contributed by atoms with Gasteiger partial charge >= 0.3 is 0 Å². The van der Waals surface area contributed by atoms with Crippen molar-refractivity contribution >= 4 is 27.1 Å². The van der Waals surface area contributed by atoms with Crippen molar-refractivity contribution in [2.45, 2.75) is 39.5 Å². The fraction of sp³-hybridized carbons (Fsp3) is 0.368. The molecule has 0 unspecified atom stereocenters. The number of anilines is 2. The van der Waals surface area contributed by atoms with Crippen LogP contribution < -0.4 is 10.0 Å². The Hall–Kier alpha value is -2.65. The number of hydrogen-bond donors (Lipinski definition) is 3. The molecule has 2 aromatic carbocycles. The lowest BCUT2D eigenvalue weighted by Gasteiger charge is -2.20. The topological polar surface area (TPSA) is 122 Å². The first-order valence-electron chi connectivity index (χ1n) is 8.74. The van der Waals surface area contributed by atoms with Crippen LogP contribution in [0.2, 0.25) is 0 Å². The van der Waals surface area contributed by atoms with Crippen molar-refractivity contribution in [1.82, 2.24) is 0 Å². The van der Waals surface area contributed by atoms with E-state index in [9.17, 15) is 18.5 Å². The smallest absolute Gasteiger partial charge is 0.271 e. The maximum Gasteiger partial charge on any atom is 0.271 e. The third-order valence-electron chi connectivity index (χ3n) is 5.09. The summed E-state index contributed by atoms with van der Waals surface area (Å²) in [5.74, 6) is 0. The van der Waals surface area contributed by atoms with Crippen LogP contribution in [0, 0.1) is 44.7 Å². The predicted molar refractivity (Wildman–Crippen MR) is 110 cm³/mol. The Morgan fingerprint density at radius 3 is 2.00 bits per heavy atom. The van der Waals surface area contributed by atoms with E-state index in [2.05, 4.69) is 10.0 Å². The summed E-state index contributed by atoms with van der Waals surface area (Å²) in [6, 6.07) is 3.85. The Balaban J connectivity index is 2.61. The number of nitrogens with one attached hydrogen (secondary N) is 2. The molecule has 0 heterocycles. The highest BCUT2D eigenvalue weighted by atomic mass is 32.2. The molecule has 0 aliphatic carbocycles. The van der Waals surface area contributed by atoms with Gasteiger partial charge in [-0.25, -0.2) is 8.42 Å². The van der Waals surface area contributed by atoms with Crippen LogP contribution in [-0.4, -0.2) is 31.6 Å². The third-order valence-corrected chi connectivity index (χ3v) is 6.72. The number of hydrogen-bond acceptors (Lipinski definition) is 6. The Morgan fingerprint density at radius 2 is 1.50 bits per heavy atom. The van der Waals surface area contributed by atoms with Crippen molar-refractivity contribution in [3.05, 3.63) is 56.1 Å². The van der Waals surface area contributed by atoms with Crippen LogP contribution in [0.3, 0.4) is 0 Å². The zero-order valence-corrected chi connectivity index (χ0v) is 17.4. The van der Waals surface area contributed by atoms with Gasteiger partial charge in [0.2, 0.25) is 0 Å². The van der Waals surface area contributed by atoms with E-state index in [-0.39, 0.29) is 29.4 Å². The second-order valence-electron chi connectivity index (χ2n) is 6.70. The van der Waals surface area contributed by atoms with Crippen molar-refractivity contribution in [2.24, 2.45) is 0 Å². The second kappa shape index (κ2) is 8.15. The van der Waals surface area contributed by atoms with Crippen LogP contribution in [0.15, 0.2) is 23.1 Å². The molecule has 0 aromatic heterocycles. The first-order valence-corrected chi connectivity index (χ1v) is 10.2. The van der Waals surface area contributed by atoms with Crippen LogP contribution in [0.5, 0.6) is 0 Å². The Bertz CT molecular complexity index is 1000. The van der Waals surface area contributed by atoms with Crippen LogP contribution in [0.25, 0.3) is 0 Å². The second-order valence-corrected chi connectivity index (χ2v) is 8.32. The number of nitro benzene ring substituents is 1. The van der Waals surface area contributed by atoms with Gasteiger partial charge in [0.05, 0.1) is 27.8 Å². The van der Waals surface area contributed by atoms with Gasteiger partial charge in [0.25, 0.3) is 15.7 Å². The molecule has 0 saturated carbocycles. The first kappa shape index (κ1) is 21.6. The zero-order valence-electron chi connectivity index (χ0n) is 16.6. The van der Waals surface area contributed by atoms with Gasteiger partial charge in [0.15, 0.2) is 0 Å². The van der Waals surface area contributed by atoms with Crippen molar-refractivity contribution in [1.29, 1.82) is 0 Å². The highest BCUT2D eigenvalue weighted by molar-refractivity contribution is 7.92. The molecule has 0 spiro atoms. The number of nitrogens with zero attached hydrogens (tertiary/aromatic N) is 1. The van der Waals surface area contributed by atoms with Gasteiger partial charge in [0.1, 0.15) is 0 Å². The molecule has 0 aliphatic heterocycles. The highest BCUT2D eigenvalue weighted by Crippen LogP contribution is 2.33. The predicted octanol–water partition coefficient (Wildman–Crippen LogP) is 3.34. The molecule has 0 atom stereocenters. The molecular formula is C19H25N3O5S. The summed E-state index contributed by atoms with van der Waals surface area (Å²) in [5.41, 5.74) is 4.26. The van der Waals surface area contributed by atoms with Gasteiger partial charge in [0, 0.05) is 18.7 Å². The highest BCUT2D eigenvalue weighted by Gasteiger charge is 2.25. The SMILES string of the molecule is Cc1c(C)c(C)c(S(=O)(=O)Nc2cc([N+](=O)[O-])ccc2NCCO)c(C)c1C. The average molecular weight is 407 g/mol. The van der Waals surface area contributed by atoms with Crippen LogP contribution >= 0.6 is 0 Å². The largest absolute Gasteiger partial charge is 0.395 e. The first-order chi connectivity index (χ1) is 13.0. The van der Waals surface area contributed by atoms with Crippen LogP contribution in [0.4, 0.5) is 17.1 Å². The molecule has 0 fully saturated rings. The van der Waals surface area contributed by atoms with Gasteiger partial charge < -0.3 is 10.4 Å². The van der Waals surface area contributed by atoms with Gasteiger partial charge in [-0.15, -0.1) is 0 Å². The van der Waals surface area contributed by atoms with Gasteiger partial charge in [-0.3, -0.25) is 14.8 Å².